The molecule has 2 aromatic heterocycles. The molecule has 1 aliphatic heterocycles. The van der Waals surface area contributed by atoms with Crippen LogP contribution in [-0.4, -0.2) is 60.3 Å². The van der Waals surface area contributed by atoms with Crippen LogP contribution in [0.25, 0.3) is 5.00 Å². The van der Waals surface area contributed by atoms with Gasteiger partial charge >= 0.3 is 12.0 Å². The minimum Gasteiger partial charge on any atom is -0.490 e. The Morgan fingerprint density at radius 1 is 1.08 bits per heavy atom. The van der Waals surface area contributed by atoms with Crippen LogP contribution >= 0.6 is 11.3 Å². The molecule has 1 aliphatic carbocycles. The molecule has 53 heavy (non-hydrogen) atoms. The third-order valence-corrected chi connectivity index (χ3v) is 10.5. The predicted octanol–water partition coefficient (Wildman–Crippen LogP) is 5.81. The number of hydrogen-bond acceptors (Lipinski definition) is 10. The number of amides is 3. The molecule has 0 saturated heterocycles. The van der Waals surface area contributed by atoms with E-state index in [0.717, 1.165) is 64.4 Å². The van der Waals surface area contributed by atoms with Crippen molar-refractivity contribution in [2.45, 2.75) is 65.6 Å². The number of methoxy groups -OCH3 is 1. The summed E-state index contributed by atoms with van der Waals surface area (Å²) in [6, 6.07) is 15.3. The Hall–Kier alpha value is -5.60. The molecule has 2 atom stereocenters. The molecular formula is C39H44N6O7S. The quantitative estimate of drug-likeness (QED) is 0.0497. The van der Waals surface area contributed by atoms with E-state index in [9.17, 15) is 19.5 Å². The van der Waals surface area contributed by atoms with Crippen molar-refractivity contribution in [3.8, 4) is 16.5 Å². The van der Waals surface area contributed by atoms with Gasteiger partial charge in [-0.15, -0.1) is 11.3 Å². The number of hydrazone groups is 1. The van der Waals surface area contributed by atoms with E-state index in [-0.39, 0.29) is 18.1 Å². The lowest BCUT2D eigenvalue weighted by atomic mass is 9.95. The molecule has 0 bridgehead atoms. The Bertz CT molecular complexity index is 2070. The Kier molecular flexibility index (Phi) is 11.5. The maximum atomic E-state index is 13.8. The maximum Gasteiger partial charge on any atom is 0.337 e. The number of urea groups is 1. The van der Waals surface area contributed by atoms with E-state index in [2.05, 4.69) is 31.0 Å². The van der Waals surface area contributed by atoms with Gasteiger partial charge in [-0.2, -0.15) is 5.10 Å². The van der Waals surface area contributed by atoms with E-state index < -0.39 is 24.3 Å². The molecule has 0 fully saturated rings. The Morgan fingerprint density at radius 2 is 1.85 bits per heavy atom. The maximum absolute atomic E-state index is 13.8. The zero-order valence-corrected chi connectivity index (χ0v) is 31.2. The molecule has 3 heterocycles. The van der Waals surface area contributed by atoms with Crippen molar-refractivity contribution in [2.24, 2.45) is 5.10 Å². The van der Waals surface area contributed by atoms with Crippen LogP contribution in [0.4, 0.5) is 10.5 Å². The van der Waals surface area contributed by atoms with Crippen LogP contribution in [0.3, 0.4) is 0 Å². The lowest BCUT2D eigenvalue weighted by Gasteiger charge is -2.28. The van der Waals surface area contributed by atoms with Gasteiger partial charge in [-0.1, -0.05) is 24.3 Å². The lowest BCUT2D eigenvalue weighted by molar-refractivity contribution is -0.136. The van der Waals surface area contributed by atoms with Gasteiger partial charge in [0.25, 0.3) is 5.91 Å². The molecule has 0 saturated carbocycles. The van der Waals surface area contributed by atoms with Crippen molar-refractivity contribution in [1.29, 1.82) is 0 Å². The number of benzene rings is 2. The summed E-state index contributed by atoms with van der Waals surface area (Å²) in [6.45, 7) is 7.62. The van der Waals surface area contributed by atoms with Crippen molar-refractivity contribution in [3.05, 3.63) is 104 Å². The second kappa shape index (κ2) is 16.4. The molecule has 13 nitrogen and oxygen atoms in total. The number of aryl methyl sites for hydroxylation is 2. The van der Waals surface area contributed by atoms with Crippen molar-refractivity contribution < 1.29 is 33.7 Å². The average molecular weight is 741 g/mol. The number of hydrogen-bond donors (Lipinski definition) is 5. The van der Waals surface area contributed by atoms with Crippen LogP contribution < -0.4 is 30.8 Å². The number of ether oxygens (including phenoxy) is 3. The van der Waals surface area contributed by atoms with Crippen molar-refractivity contribution in [3.63, 3.8) is 0 Å². The van der Waals surface area contributed by atoms with Gasteiger partial charge in [0.05, 0.1) is 37.1 Å². The number of carbonyl (C=O) groups is 3. The number of esters is 1. The molecule has 2 aliphatic rings. The van der Waals surface area contributed by atoms with Gasteiger partial charge in [0.2, 0.25) is 0 Å². The number of nitrogens with one attached hydrogen (secondary N) is 4. The summed E-state index contributed by atoms with van der Waals surface area (Å²) in [5, 5.41) is 24.4. The van der Waals surface area contributed by atoms with E-state index >= 15 is 0 Å². The van der Waals surface area contributed by atoms with Crippen molar-refractivity contribution >= 4 is 41.1 Å². The second-order valence-corrected chi connectivity index (χ2v) is 13.9. The summed E-state index contributed by atoms with van der Waals surface area (Å²) in [5.41, 5.74) is 9.28. The number of carbonyl (C=O) groups excluding carboxylic acids is 3. The minimum absolute atomic E-state index is 0.115. The standard InChI is InChI=1S/C39H44N6O7S/c1-6-51-30-19-25(35-33(38(48)50-5)23(3)41-39(49)43-35)16-17-29(30)52-21-32(46)44-40-20-26-18-22(2)45(24(26)4)37-34(28-14-10-11-15-31(28)53-37)36(47)42-27-12-8-7-9-13-27/h7-9,12-13,16-20,32,35,44,46H,6,10-11,14-15,21H2,1-5H3,(H,42,47)(H2,41,43,49)/b40-20-/t32-,35-/m0/s1. The molecule has 6 rings (SSSR count). The number of aromatic nitrogens is 1. The normalized spacial score (nSPS) is 16.0. The summed E-state index contributed by atoms with van der Waals surface area (Å²) in [7, 11) is 1.28. The number of fused-ring (bicyclic) bond motifs is 1. The van der Waals surface area contributed by atoms with Gasteiger partial charge in [0, 0.05) is 33.2 Å². The number of aliphatic hydroxyl groups excluding tert-OH is 1. The van der Waals surface area contributed by atoms with Crippen LogP contribution in [0.1, 0.15) is 76.0 Å². The summed E-state index contributed by atoms with van der Waals surface area (Å²) < 4.78 is 18.8. The zero-order valence-electron chi connectivity index (χ0n) is 30.4. The van der Waals surface area contributed by atoms with Gasteiger partial charge in [-0.25, -0.2) is 9.59 Å². The molecule has 278 valence electrons. The topological polar surface area (TPSA) is 165 Å². The van der Waals surface area contributed by atoms with Crippen LogP contribution in [0, 0.1) is 13.8 Å². The van der Waals surface area contributed by atoms with Gasteiger partial charge < -0.3 is 39.8 Å². The first-order valence-corrected chi connectivity index (χ1v) is 18.3. The van der Waals surface area contributed by atoms with Gasteiger partial charge in [0.1, 0.15) is 11.6 Å². The first-order chi connectivity index (χ1) is 25.6. The molecule has 0 radical (unpaired) electrons. The van der Waals surface area contributed by atoms with Crippen molar-refractivity contribution in [2.75, 3.05) is 25.6 Å². The highest BCUT2D eigenvalue weighted by molar-refractivity contribution is 7.15. The number of allylic oxidation sites excluding steroid dienone is 1. The summed E-state index contributed by atoms with van der Waals surface area (Å²) >= 11 is 1.68. The number of thiophene rings is 1. The fraction of sp³-hybridized carbons (Fsp3) is 0.333. The third-order valence-electron chi connectivity index (χ3n) is 9.18. The van der Waals surface area contributed by atoms with E-state index in [1.807, 2.05) is 57.2 Å². The van der Waals surface area contributed by atoms with E-state index in [1.54, 1.807) is 42.7 Å². The average Bonchev–Trinajstić information content (AvgIpc) is 3.66. The van der Waals surface area contributed by atoms with Crippen LogP contribution in [0.2, 0.25) is 0 Å². The van der Waals surface area contributed by atoms with E-state index in [1.165, 1.54) is 12.0 Å². The van der Waals surface area contributed by atoms with Gasteiger partial charge in [-0.05, 0) is 94.8 Å². The molecule has 4 aromatic rings. The number of para-hydroxylation sites is 1. The highest BCUT2D eigenvalue weighted by Gasteiger charge is 2.33. The largest absolute Gasteiger partial charge is 0.490 e. The van der Waals surface area contributed by atoms with Gasteiger partial charge in [-0.3, -0.25) is 10.2 Å². The molecular weight excluding hydrogens is 697 g/mol. The summed E-state index contributed by atoms with van der Waals surface area (Å²) in [6.07, 6.45) is 4.48. The summed E-state index contributed by atoms with van der Waals surface area (Å²) in [5.74, 6) is 0.0394. The number of nitrogens with zero attached hydrogens (tertiary/aromatic N) is 2. The second-order valence-electron chi connectivity index (χ2n) is 12.8. The summed E-state index contributed by atoms with van der Waals surface area (Å²) in [4.78, 5) is 39.8. The highest BCUT2D eigenvalue weighted by Crippen LogP contribution is 2.39. The highest BCUT2D eigenvalue weighted by atomic mass is 32.1. The molecule has 2 aromatic carbocycles. The predicted molar refractivity (Wildman–Crippen MR) is 203 cm³/mol. The molecule has 3 amide bonds. The molecule has 5 N–H and O–H groups in total. The smallest absolute Gasteiger partial charge is 0.337 e. The minimum atomic E-state index is -1.17. The van der Waals surface area contributed by atoms with Crippen LogP contribution in [0.15, 0.2) is 71.0 Å². The third kappa shape index (κ3) is 8.08. The monoisotopic (exact) mass is 740 g/mol. The fourth-order valence-electron chi connectivity index (χ4n) is 6.70. The fourth-order valence-corrected chi connectivity index (χ4v) is 8.20. The Balaban J connectivity index is 1.15. The number of rotatable bonds is 13. The SMILES string of the molecule is CCOc1cc([C@@H]2NC(=O)NC(C)=C2C(=O)OC)ccc1OC[C@H](O)N/N=C\c1cc(C)n(-c2sc3c(c2C(=O)Nc2ccccc2)CCCC3)c1C. The van der Waals surface area contributed by atoms with E-state index in [4.69, 9.17) is 14.2 Å². The Morgan fingerprint density at radius 3 is 2.60 bits per heavy atom. The molecule has 14 heteroatoms. The first kappa shape index (κ1) is 37.2. The lowest BCUT2D eigenvalue weighted by Crippen LogP contribution is -2.45. The molecule has 0 spiro atoms. The number of aliphatic hydroxyl groups is 1. The molecule has 0 unspecified atom stereocenters. The van der Waals surface area contributed by atoms with E-state index in [0.29, 0.717) is 29.4 Å². The first-order valence-electron chi connectivity index (χ1n) is 17.5. The zero-order chi connectivity index (χ0) is 37.6. The number of anilines is 1. The van der Waals surface area contributed by atoms with Crippen molar-refractivity contribution in [1.82, 2.24) is 20.6 Å². The van der Waals surface area contributed by atoms with Crippen LogP contribution in [0.5, 0.6) is 11.5 Å². The Labute approximate surface area is 312 Å². The van der Waals surface area contributed by atoms with Gasteiger partial charge in [0.15, 0.2) is 17.7 Å². The van der Waals surface area contributed by atoms with Crippen LogP contribution in [-0.2, 0) is 22.4 Å².